The fraction of sp³-hybridized carbons (Fsp3) is 0.421. The number of imidazole rings is 1. The van der Waals surface area contributed by atoms with E-state index in [4.69, 9.17) is 4.74 Å². The minimum absolute atomic E-state index is 0.0728. The third-order valence-electron chi connectivity index (χ3n) is 5.20. The normalized spacial score (nSPS) is 18.0. The molecule has 3 heterocycles. The summed E-state index contributed by atoms with van der Waals surface area (Å²) in [5.74, 6) is 1.03. The van der Waals surface area contributed by atoms with Gasteiger partial charge in [-0.3, -0.25) is 4.90 Å². The van der Waals surface area contributed by atoms with Gasteiger partial charge in [0.2, 0.25) is 0 Å². The second-order valence-electron chi connectivity index (χ2n) is 6.84. The van der Waals surface area contributed by atoms with Crippen LogP contribution >= 0.6 is 0 Å². The summed E-state index contributed by atoms with van der Waals surface area (Å²) < 4.78 is 19.5. The molecule has 0 saturated carbocycles. The highest BCUT2D eigenvalue weighted by Gasteiger charge is 2.29. The topological polar surface area (TPSA) is 90.4 Å². The standard InChI is InChI=1S/C19H23FN6O2/c1-28-15-3-2-13(16(20)8-15)9-25-5-6-26(10-14(25)4-7-27)19-17-18(22-11-21-17)23-12-24-19/h2-3,8,11-12,14,27H,4-7,9-10H2,1H3,(H,21,22,23,24)/t14-/m1/s1. The van der Waals surface area contributed by atoms with Crippen molar-refractivity contribution in [2.75, 3.05) is 38.3 Å². The number of nitrogens with zero attached hydrogens (tertiary/aromatic N) is 5. The molecule has 0 aliphatic carbocycles. The first-order valence-electron chi connectivity index (χ1n) is 9.26. The fourth-order valence-corrected chi connectivity index (χ4v) is 3.71. The summed E-state index contributed by atoms with van der Waals surface area (Å²) in [6.45, 7) is 2.71. The number of anilines is 1. The number of aliphatic hydroxyl groups excluding tert-OH is 1. The number of halogens is 1. The van der Waals surface area contributed by atoms with Crippen LogP contribution in [0.3, 0.4) is 0 Å². The van der Waals surface area contributed by atoms with Crippen molar-refractivity contribution >= 4 is 17.0 Å². The van der Waals surface area contributed by atoms with Gasteiger partial charge in [-0.15, -0.1) is 0 Å². The Bertz CT molecular complexity index is 949. The van der Waals surface area contributed by atoms with E-state index in [1.807, 2.05) is 0 Å². The molecule has 1 aliphatic heterocycles. The van der Waals surface area contributed by atoms with E-state index in [2.05, 4.69) is 29.7 Å². The summed E-state index contributed by atoms with van der Waals surface area (Å²) in [6, 6.07) is 5.01. The van der Waals surface area contributed by atoms with Crippen molar-refractivity contribution in [3.8, 4) is 5.75 Å². The van der Waals surface area contributed by atoms with Gasteiger partial charge in [0.1, 0.15) is 23.4 Å². The fourth-order valence-electron chi connectivity index (χ4n) is 3.71. The number of ether oxygens (including phenoxy) is 1. The van der Waals surface area contributed by atoms with Crippen LogP contribution in [-0.2, 0) is 6.54 Å². The van der Waals surface area contributed by atoms with Gasteiger partial charge in [0.15, 0.2) is 11.5 Å². The zero-order valence-electron chi connectivity index (χ0n) is 15.7. The van der Waals surface area contributed by atoms with Crippen molar-refractivity contribution < 1.29 is 14.2 Å². The smallest absolute Gasteiger partial charge is 0.182 e. The van der Waals surface area contributed by atoms with E-state index >= 15 is 0 Å². The predicted molar refractivity (Wildman–Crippen MR) is 103 cm³/mol. The number of nitrogens with one attached hydrogen (secondary N) is 1. The van der Waals surface area contributed by atoms with Crippen LogP contribution in [-0.4, -0.2) is 69.3 Å². The monoisotopic (exact) mass is 386 g/mol. The zero-order valence-corrected chi connectivity index (χ0v) is 15.7. The van der Waals surface area contributed by atoms with Crippen molar-refractivity contribution in [3.05, 3.63) is 42.2 Å². The summed E-state index contributed by atoms with van der Waals surface area (Å²) in [5, 5.41) is 9.54. The lowest BCUT2D eigenvalue weighted by atomic mass is 10.1. The van der Waals surface area contributed by atoms with Crippen LogP contribution < -0.4 is 9.64 Å². The third-order valence-corrected chi connectivity index (χ3v) is 5.20. The highest BCUT2D eigenvalue weighted by molar-refractivity contribution is 5.82. The number of aliphatic hydroxyl groups is 1. The molecule has 2 aromatic heterocycles. The highest BCUT2D eigenvalue weighted by atomic mass is 19.1. The Morgan fingerprint density at radius 1 is 1.29 bits per heavy atom. The molecule has 8 nitrogen and oxygen atoms in total. The van der Waals surface area contributed by atoms with E-state index in [-0.39, 0.29) is 18.5 Å². The highest BCUT2D eigenvalue weighted by Crippen LogP contribution is 2.26. The molecule has 28 heavy (non-hydrogen) atoms. The van der Waals surface area contributed by atoms with Gasteiger partial charge in [-0.05, 0) is 12.5 Å². The van der Waals surface area contributed by atoms with E-state index in [1.165, 1.54) is 19.5 Å². The third kappa shape index (κ3) is 3.63. The predicted octanol–water partition coefficient (Wildman–Crippen LogP) is 1.57. The number of fused-ring (bicyclic) bond motifs is 1. The van der Waals surface area contributed by atoms with Gasteiger partial charge in [0.05, 0.1) is 13.4 Å². The molecule has 4 rings (SSSR count). The second-order valence-corrected chi connectivity index (χ2v) is 6.84. The number of aromatic amines is 1. The SMILES string of the molecule is COc1ccc(CN2CCN(c3ncnc4nc[nH]c34)C[C@H]2CCO)c(F)c1. The number of hydrogen-bond donors (Lipinski definition) is 2. The number of rotatable bonds is 6. The lowest BCUT2D eigenvalue weighted by molar-refractivity contribution is 0.134. The van der Waals surface area contributed by atoms with Crippen LogP contribution in [0.2, 0.25) is 0 Å². The lowest BCUT2D eigenvalue weighted by Crippen LogP contribution is -2.53. The molecule has 0 spiro atoms. The van der Waals surface area contributed by atoms with Gasteiger partial charge in [0.25, 0.3) is 0 Å². The van der Waals surface area contributed by atoms with Crippen LogP contribution in [0.15, 0.2) is 30.9 Å². The first-order chi connectivity index (χ1) is 13.7. The van der Waals surface area contributed by atoms with E-state index < -0.39 is 0 Å². The molecule has 0 amide bonds. The summed E-state index contributed by atoms with van der Waals surface area (Å²) in [5.41, 5.74) is 2.06. The molecule has 1 saturated heterocycles. The van der Waals surface area contributed by atoms with Crippen LogP contribution in [0, 0.1) is 5.82 Å². The van der Waals surface area contributed by atoms with Gasteiger partial charge in [-0.2, -0.15) is 0 Å². The van der Waals surface area contributed by atoms with Crippen LogP contribution in [0.4, 0.5) is 10.2 Å². The Kier molecular flexibility index (Phi) is 5.36. The molecule has 148 valence electrons. The summed E-state index contributed by atoms with van der Waals surface area (Å²) in [7, 11) is 1.52. The molecule has 9 heteroatoms. The van der Waals surface area contributed by atoms with Crippen LogP contribution in [0.5, 0.6) is 5.75 Å². The van der Waals surface area contributed by atoms with Gasteiger partial charge >= 0.3 is 0 Å². The lowest BCUT2D eigenvalue weighted by Gasteiger charge is -2.42. The first kappa shape index (κ1) is 18.6. The maximum Gasteiger partial charge on any atom is 0.182 e. The van der Waals surface area contributed by atoms with Crippen molar-refractivity contribution in [3.63, 3.8) is 0 Å². The van der Waals surface area contributed by atoms with Crippen LogP contribution in [0.1, 0.15) is 12.0 Å². The Morgan fingerprint density at radius 3 is 2.96 bits per heavy atom. The summed E-state index contributed by atoms with van der Waals surface area (Å²) in [6.07, 6.45) is 3.72. The molecule has 1 aromatic carbocycles. The van der Waals surface area contributed by atoms with Crippen molar-refractivity contribution in [2.45, 2.75) is 19.0 Å². The second kappa shape index (κ2) is 8.07. The largest absolute Gasteiger partial charge is 0.497 e. The summed E-state index contributed by atoms with van der Waals surface area (Å²) in [4.78, 5) is 20.3. The van der Waals surface area contributed by atoms with E-state index in [9.17, 15) is 9.50 Å². The zero-order chi connectivity index (χ0) is 19.5. The number of hydrogen-bond acceptors (Lipinski definition) is 7. The Balaban J connectivity index is 1.53. The number of methoxy groups -OCH3 is 1. The van der Waals surface area contributed by atoms with Gasteiger partial charge < -0.3 is 19.7 Å². The number of piperazine rings is 1. The maximum atomic E-state index is 14.4. The molecule has 1 fully saturated rings. The van der Waals surface area contributed by atoms with Crippen LogP contribution in [0.25, 0.3) is 11.2 Å². The van der Waals surface area contributed by atoms with Crippen molar-refractivity contribution in [1.82, 2.24) is 24.8 Å². The van der Waals surface area contributed by atoms with E-state index in [0.29, 0.717) is 36.5 Å². The van der Waals surface area contributed by atoms with Gasteiger partial charge in [-0.25, -0.2) is 19.3 Å². The molecule has 1 aliphatic rings. The first-order valence-corrected chi connectivity index (χ1v) is 9.26. The molecular weight excluding hydrogens is 363 g/mol. The number of H-pyrrole nitrogens is 1. The van der Waals surface area contributed by atoms with Gasteiger partial charge in [-0.1, -0.05) is 6.07 Å². The van der Waals surface area contributed by atoms with Crippen molar-refractivity contribution in [2.24, 2.45) is 0 Å². The molecule has 0 unspecified atom stereocenters. The average molecular weight is 386 g/mol. The molecule has 3 aromatic rings. The molecular formula is C19H23FN6O2. The Hall–Kier alpha value is -2.78. The quantitative estimate of drug-likeness (QED) is 0.665. The van der Waals surface area contributed by atoms with E-state index in [0.717, 1.165) is 24.4 Å². The number of aromatic nitrogens is 4. The molecule has 0 bridgehead atoms. The number of benzene rings is 1. The van der Waals surface area contributed by atoms with E-state index in [1.54, 1.807) is 18.5 Å². The average Bonchev–Trinajstić information content (AvgIpc) is 3.19. The minimum Gasteiger partial charge on any atom is -0.497 e. The molecule has 0 radical (unpaired) electrons. The minimum atomic E-state index is -0.278. The Labute approximate surface area is 162 Å². The van der Waals surface area contributed by atoms with Crippen molar-refractivity contribution in [1.29, 1.82) is 0 Å². The summed E-state index contributed by atoms with van der Waals surface area (Å²) >= 11 is 0. The molecule has 1 atom stereocenters. The Morgan fingerprint density at radius 2 is 2.18 bits per heavy atom. The molecule has 2 N–H and O–H groups in total. The van der Waals surface area contributed by atoms with Gasteiger partial charge in [0, 0.05) is 50.5 Å². The maximum absolute atomic E-state index is 14.4.